The van der Waals surface area contributed by atoms with Crippen LogP contribution in [0.2, 0.25) is 0 Å². The molecule has 3 aromatic carbocycles. The predicted octanol–water partition coefficient (Wildman–Crippen LogP) is 5.73. The van der Waals surface area contributed by atoms with E-state index in [-0.39, 0.29) is 16.3 Å². The molecule has 0 spiro atoms. The third-order valence-electron chi connectivity index (χ3n) is 5.64. The van der Waals surface area contributed by atoms with E-state index >= 15 is 0 Å². The average molecular weight is 521 g/mol. The van der Waals surface area contributed by atoms with E-state index in [0.717, 1.165) is 23.3 Å². The summed E-state index contributed by atoms with van der Waals surface area (Å²) in [6.45, 7) is 4.63. The summed E-state index contributed by atoms with van der Waals surface area (Å²) < 4.78 is 73.8. The van der Waals surface area contributed by atoms with Crippen molar-refractivity contribution in [3.8, 4) is 5.75 Å². The Balaban J connectivity index is 2.11. The van der Waals surface area contributed by atoms with Gasteiger partial charge in [0.1, 0.15) is 17.2 Å². The van der Waals surface area contributed by atoms with Gasteiger partial charge in [0.2, 0.25) is 5.91 Å². The molecule has 1 amide bonds. The number of para-hydroxylation sites is 1. The summed E-state index contributed by atoms with van der Waals surface area (Å²) in [7, 11) is -3.23. The van der Waals surface area contributed by atoms with Gasteiger partial charge >= 0.3 is 6.18 Å². The van der Waals surface area contributed by atoms with Crippen LogP contribution in [0.25, 0.3) is 0 Å². The Morgan fingerprint density at radius 2 is 1.72 bits per heavy atom. The highest BCUT2D eigenvalue weighted by Crippen LogP contribution is 2.35. The number of benzene rings is 3. The minimum absolute atomic E-state index is 0.00478. The van der Waals surface area contributed by atoms with Crippen molar-refractivity contribution in [2.24, 2.45) is 0 Å². The van der Waals surface area contributed by atoms with E-state index in [2.05, 4.69) is 5.32 Å². The highest BCUT2D eigenvalue weighted by Gasteiger charge is 2.34. The standard InChI is InChI=1S/C26H27F3N2O4S/c1-5-19-9-6-8-18(3)25(19)30-24(32)16-31(21-11-7-10-20(15-21)26(27,28)29)36(33,34)23-14-17(2)12-13-22(23)35-4/h6-15H,5,16H2,1-4H3,(H,30,32). The van der Waals surface area contributed by atoms with Crippen LogP contribution in [-0.2, 0) is 27.4 Å². The first-order valence-electron chi connectivity index (χ1n) is 11.1. The first-order valence-corrected chi connectivity index (χ1v) is 12.6. The van der Waals surface area contributed by atoms with Crippen LogP contribution in [-0.4, -0.2) is 28.0 Å². The summed E-state index contributed by atoms with van der Waals surface area (Å²) in [4.78, 5) is 12.9. The minimum atomic E-state index is -4.70. The molecule has 0 saturated heterocycles. The van der Waals surface area contributed by atoms with Crippen molar-refractivity contribution in [2.45, 2.75) is 38.3 Å². The van der Waals surface area contributed by atoms with Crippen molar-refractivity contribution in [2.75, 3.05) is 23.3 Å². The van der Waals surface area contributed by atoms with E-state index in [1.54, 1.807) is 26.0 Å². The van der Waals surface area contributed by atoms with Crippen molar-refractivity contribution in [3.05, 3.63) is 82.9 Å². The molecule has 6 nitrogen and oxygen atoms in total. The molecular weight excluding hydrogens is 493 g/mol. The third-order valence-corrected chi connectivity index (χ3v) is 7.44. The smallest absolute Gasteiger partial charge is 0.416 e. The van der Waals surface area contributed by atoms with Gasteiger partial charge in [0, 0.05) is 5.69 Å². The number of nitrogens with zero attached hydrogens (tertiary/aromatic N) is 1. The molecule has 0 atom stereocenters. The van der Waals surface area contributed by atoms with Crippen LogP contribution in [0.5, 0.6) is 5.75 Å². The predicted molar refractivity (Wildman–Crippen MR) is 133 cm³/mol. The molecule has 0 aliphatic carbocycles. The van der Waals surface area contributed by atoms with Crippen molar-refractivity contribution < 1.29 is 31.1 Å². The summed E-state index contributed by atoms with van der Waals surface area (Å²) >= 11 is 0. The van der Waals surface area contributed by atoms with Gasteiger partial charge < -0.3 is 10.1 Å². The van der Waals surface area contributed by atoms with Crippen molar-refractivity contribution >= 4 is 27.3 Å². The highest BCUT2D eigenvalue weighted by atomic mass is 32.2. The summed E-state index contributed by atoms with van der Waals surface area (Å²) in [5.74, 6) is -0.697. The first kappa shape index (κ1) is 27.1. The Bertz CT molecular complexity index is 1370. The number of hydrogen-bond donors (Lipinski definition) is 1. The molecule has 0 heterocycles. The second kappa shape index (κ2) is 10.6. The van der Waals surface area contributed by atoms with Crippen LogP contribution in [0, 0.1) is 13.8 Å². The molecule has 0 fully saturated rings. The van der Waals surface area contributed by atoms with Gasteiger partial charge in [0.25, 0.3) is 10.0 Å². The van der Waals surface area contributed by atoms with E-state index in [4.69, 9.17) is 4.74 Å². The van der Waals surface area contributed by atoms with E-state index in [0.29, 0.717) is 28.0 Å². The Labute approximate surface area is 208 Å². The summed E-state index contributed by atoms with van der Waals surface area (Å²) in [6.07, 6.45) is -4.08. The highest BCUT2D eigenvalue weighted by molar-refractivity contribution is 7.93. The Kier molecular flexibility index (Phi) is 7.98. The number of carbonyl (C=O) groups excluding carboxylic acids is 1. The van der Waals surface area contributed by atoms with Gasteiger partial charge in [-0.15, -0.1) is 0 Å². The van der Waals surface area contributed by atoms with Gasteiger partial charge in [-0.3, -0.25) is 9.10 Å². The Morgan fingerprint density at radius 3 is 2.36 bits per heavy atom. The number of nitrogens with one attached hydrogen (secondary N) is 1. The largest absolute Gasteiger partial charge is 0.495 e. The summed E-state index contributed by atoms with van der Waals surface area (Å²) in [6, 6.07) is 13.8. The fourth-order valence-corrected chi connectivity index (χ4v) is 5.42. The van der Waals surface area contributed by atoms with Gasteiger partial charge in [-0.05, 0) is 67.3 Å². The van der Waals surface area contributed by atoms with Crippen LogP contribution in [0.1, 0.15) is 29.2 Å². The number of methoxy groups -OCH3 is 1. The molecule has 0 radical (unpaired) electrons. The number of aryl methyl sites for hydroxylation is 3. The molecule has 0 saturated carbocycles. The number of sulfonamides is 1. The number of anilines is 2. The molecule has 10 heteroatoms. The number of hydrogen-bond acceptors (Lipinski definition) is 4. The third kappa shape index (κ3) is 5.81. The average Bonchev–Trinajstić information content (AvgIpc) is 2.83. The van der Waals surface area contributed by atoms with E-state index < -0.39 is 34.2 Å². The zero-order valence-corrected chi connectivity index (χ0v) is 21.1. The van der Waals surface area contributed by atoms with E-state index in [1.807, 2.05) is 19.1 Å². The summed E-state index contributed by atoms with van der Waals surface area (Å²) in [5.41, 5.74) is 1.41. The SMILES string of the molecule is CCc1cccc(C)c1NC(=O)CN(c1cccc(C(F)(F)F)c1)S(=O)(=O)c1cc(C)ccc1OC. The molecule has 0 aliphatic heterocycles. The normalized spacial score (nSPS) is 11.8. The number of carbonyl (C=O) groups is 1. The number of alkyl halides is 3. The zero-order valence-electron chi connectivity index (χ0n) is 20.3. The molecule has 0 aromatic heterocycles. The van der Waals surface area contributed by atoms with Crippen molar-refractivity contribution in [3.63, 3.8) is 0 Å². The number of halogens is 3. The lowest BCUT2D eigenvalue weighted by Crippen LogP contribution is -2.38. The quantitative estimate of drug-likeness (QED) is 0.412. The Morgan fingerprint density at radius 1 is 1.03 bits per heavy atom. The topological polar surface area (TPSA) is 75.7 Å². The van der Waals surface area contributed by atoms with Crippen LogP contribution < -0.4 is 14.4 Å². The molecule has 1 N–H and O–H groups in total. The monoisotopic (exact) mass is 520 g/mol. The molecular formula is C26H27F3N2O4S. The number of rotatable bonds is 8. The second-order valence-corrected chi connectivity index (χ2v) is 10.1. The number of ether oxygens (including phenoxy) is 1. The molecule has 3 rings (SSSR count). The molecule has 36 heavy (non-hydrogen) atoms. The second-order valence-electron chi connectivity index (χ2n) is 8.22. The van der Waals surface area contributed by atoms with Gasteiger partial charge in [-0.2, -0.15) is 13.2 Å². The van der Waals surface area contributed by atoms with Crippen LogP contribution >= 0.6 is 0 Å². The fraction of sp³-hybridized carbons (Fsp3) is 0.269. The molecule has 3 aromatic rings. The van der Waals surface area contributed by atoms with E-state index in [9.17, 15) is 26.4 Å². The van der Waals surface area contributed by atoms with Crippen LogP contribution in [0.15, 0.2) is 65.6 Å². The van der Waals surface area contributed by atoms with Crippen molar-refractivity contribution in [1.82, 2.24) is 0 Å². The van der Waals surface area contributed by atoms with E-state index in [1.165, 1.54) is 25.3 Å². The van der Waals surface area contributed by atoms with Gasteiger partial charge in [-0.1, -0.05) is 37.3 Å². The van der Waals surface area contributed by atoms with Gasteiger partial charge in [-0.25, -0.2) is 8.42 Å². The van der Waals surface area contributed by atoms with Crippen molar-refractivity contribution in [1.29, 1.82) is 0 Å². The molecule has 0 bridgehead atoms. The lowest BCUT2D eigenvalue weighted by atomic mass is 10.1. The molecule has 0 unspecified atom stereocenters. The summed E-state index contributed by atoms with van der Waals surface area (Å²) in [5, 5.41) is 2.74. The maximum atomic E-state index is 13.8. The maximum absolute atomic E-state index is 13.8. The zero-order chi connectivity index (χ0) is 26.7. The van der Waals surface area contributed by atoms with Crippen LogP contribution in [0.4, 0.5) is 24.5 Å². The van der Waals surface area contributed by atoms with Crippen LogP contribution in [0.3, 0.4) is 0 Å². The minimum Gasteiger partial charge on any atom is -0.495 e. The molecule has 192 valence electrons. The molecule has 0 aliphatic rings. The lowest BCUT2D eigenvalue weighted by molar-refractivity contribution is -0.137. The number of amides is 1. The lowest BCUT2D eigenvalue weighted by Gasteiger charge is -2.26. The first-order chi connectivity index (χ1) is 16.9. The fourth-order valence-electron chi connectivity index (χ4n) is 3.77. The maximum Gasteiger partial charge on any atom is 0.416 e. The van der Waals surface area contributed by atoms with Gasteiger partial charge in [0.05, 0.1) is 18.4 Å². The van der Waals surface area contributed by atoms with Gasteiger partial charge in [0.15, 0.2) is 0 Å². The Hall–Kier alpha value is -3.53.